The molecule has 0 spiro atoms. The van der Waals surface area contributed by atoms with Gasteiger partial charge in [-0.05, 0) is 31.0 Å². The topological polar surface area (TPSA) is 57.6 Å². The number of nitrogens with zero attached hydrogens (tertiary/aromatic N) is 1. The summed E-state index contributed by atoms with van der Waals surface area (Å²) in [5.74, 6) is -0.0173. The van der Waals surface area contributed by atoms with Gasteiger partial charge >= 0.3 is 0 Å². The van der Waals surface area contributed by atoms with Crippen LogP contribution in [-0.2, 0) is 15.8 Å². The molecule has 0 heterocycles. The molecule has 1 atom stereocenters. The Bertz CT molecular complexity index is 471. The number of benzene rings is 1. The van der Waals surface area contributed by atoms with Crippen molar-refractivity contribution in [1.82, 2.24) is 4.31 Å². The minimum Gasteiger partial charge on any atom is -0.393 e. The Balaban J connectivity index is 2.66. The molecular formula is C12H18BrNO3S. The van der Waals surface area contributed by atoms with Crippen molar-refractivity contribution in [2.75, 3.05) is 13.6 Å². The summed E-state index contributed by atoms with van der Waals surface area (Å²) < 4.78 is 26.3. The monoisotopic (exact) mass is 335 g/mol. The van der Waals surface area contributed by atoms with Gasteiger partial charge in [-0.15, -0.1) is 0 Å². The van der Waals surface area contributed by atoms with Crippen molar-refractivity contribution in [3.63, 3.8) is 0 Å². The lowest BCUT2D eigenvalue weighted by Crippen LogP contribution is -2.30. The normalized spacial score (nSPS) is 13.8. The Morgan fingerprint density at radius 2 is 1.89 bits per heavy atom. The first-order chi connectivity index (χ1) is 8.31. The van der Waals surface area contributed by atoms with Crippen molar-refractivity contribution in [2.24, 2.45) is 0 Å². The van der Waals surface area contributed by atoms with E-state index < -0.39 is 16.1 Å². The average Bonchev–Trinajstić information content (AvgIpc) is 2.28. The lowest BCUT2D eigenvalue weighted by molar-refractivity contribution is 0.177. The number of hydrogen-bond acceptors (Lipinski definition) is 3. The molecule has 0 amide bonds. The van der Waals surface area contributed by atoms with Crippen LogP contribution in [0.25, 0.3) is 0 Å². The molecule has 0 unspecified atom stereocenters. The maximum absolute atomic E-state index is 12.0. The number of sulfonamides is 1. The number of rotatable bonds is 6. The molecule has 1 aromatic rings. The van der Waals surface area contributed by atoms with E-state index in [4.69, 9.17) is 5.11 Å². The molecule has 0 aliphatic carbocycles. The van der Waals surface area contributed by atoms with Gasteiger partial charge in [-0.1, -0.05) is 28.1 Å². The summed E-state index contributed by atoms with van der Waals surface area (Å²) in [4.78, 5) is 0. The lowest BCUT2D eigenvalue weighted by Gasteiger charge is -2.17. The van der Waals surface area contributed by atoms with Crippen LogP contribution in [0.1, 0.15) is 18.9 Å². The fourth-order valence-corrected chi connectivity index (χ4v) is 2.89. The first-order valence-corrected chi connectivity index (χ1v) is 8.08. The zero-order chi connectivity index (χ0) is 13.8. The van der Waals surface area contributed by atoms with Crippen LogP contribution >= 0.6 is 15.9 Å². The second-order valence-electron chi connectivity index (χ2n) is 4.34. The van der Waals surface area contributed by atoms with E-state index in [0.29, 0.717) is 13.0 Å². The molecule has 18 heavy (non-hydrogen) atoms. The van der Waals surface area contributed by atoms with Crippen LogP contribution < -0.4 is 0 Å². The van der Waals surface area contributed by atoms with E-state index in [1.54, 1.807) is 19.1 Å². The van der Waals surface area contributed by atoms with Crippen LogP contribution in [0.4, 0.5) is 0 Å². The van der Waals surface area contributed by atoms with Crippen molar-refractivity contribution in [3.8, 4) is 0 Å². The largest absolute Gasteiger partial charge is 0.393 e. The Morgan fingerprint density at radius 1 is 1.33 bits per heavy atom. The number of halogens is 1. The molecular weight excluding hydrogens is 318 g/mol. The molecule has 0 bridgehead atoms. The Morgan fingerprint density at radius 3 is 2.39 bits per heavy atom. The SMILES string of the molecule is C[C@H](O)CCN(C)S(=O)(=O)Cc1ccc(Br)cc1. The van der Waals surface area contributed by atoms with Crippen LogP contribution in [0, 0.1) is 0 Å². The van der Waals surface area contributed by atoms with Gasteiger partial charge in [0.2, 0.25) is 10.0 Å². The van der Waals surface area contributed by atoms with E-state index in [1.165, 1.54) is 11.4 Å². The van der Waals surface area contributed by atoms with Gasteiger partial charge in [0, 0.05) is 18.1 Å². The minimum absolute atomic E-state index is 0.0173. The van der Waals surface area contributed by atoms with Gasteiger partial charge in [0.1, 0.15) is 0 Å². The summed E-state index contributed by atoms with van der Waals surface area (Å²) >= 11 is 3.31. The Kier molecular flexibility index (Phi) is 5.78. The van der Waals surface area contributed by atoms with Gasteiger partial charge in [-0.3, -0.25) is 0 Å². The number of aliphatic hydroxyl groups is 1. The van der Waals surface area contributed by atoms with E-state index >= 15 is 0 Å². The third kappa shape index (κ3) is 5.06. The maximum Gasteiger partial charge on any atom is 0.218 e. The predicted molar refractivity (Wildman–Crippen MR) is 75.7 cm³/mol. The van der Waals surface area contributed by atoms with E-state index in [9.17, 15) is 8.42 Å². The van der Waals surface area contributed by atoms with Crippen molar-refractivity contribution in [3.05, 3.63) is 34.3 Å². The van der Waals surface area contributed by atoms with Gasteiger partial charge < -0.3 is 5.11 Å². The Hall–Kier alpha value is -0.430. The molecule has 0 saturated heterocycles. The van der Waals surface area contributed by atoms with Gasteiger partial charge in [0.15, 0.2) is 0 Å². The Labute approximate surface area is 117 Å². The molecule has 0 fully saturated rings. The molecule has 0 saturated carbocycles. The third-order valence-corrected chi connectivity index (χ3v) is 4.96. The predicted octanol–water partition coefficient (Wildman–Crippen LogP) is 1.98. The van der Waals surface area contributed by atoms with Crippen molar-refractivity contribution < 1.29 is 13.5 Å². The first-order valence-electron chi connectivity index (χ1n) is 5.68. The zero-order valence-electron chi connectivity index (χ0n) is 10.5. The van der Waals surface area contributed by atoms with Crippen LogP contribution in [0.3, 0.4) is 0 Å². The highest BCUT2D eigenvalue weighted by atomic mass is 79.9. The summed E-state index contributed by atoms with van der Waals surface area (Å²) in [5, 5.41) is 9.16. The molecule has 6 heteroatoms. The van der Waals surface area contributed by atoms with Gasteiger partial charge in [0.05, 0.1) is 11.9 Å². The fourth-order valence-electron chi connectivity index (χ4n) is 1.41. The van der Waals surface area contributed by atoms with E-state index in [-0.39, 0.29) is 5.75 Å². The van der Waals surface area contributed by atoms with Gasteiger partial charge in [-0.25, -0.2) is 12.7 Å². The minimum atomic E-state index is -3.31. The molecule has 0 aromatic heterocycles. The number of aliphatic hydroxyl groups excluding tert-OH is 1. The van der Waals surface area contributed by atoms with Crippen LogP contribution in [0.15, 0.2) is 28.7 Å². The second-order valence-corrected chi connectivity index (χ2v) is 7.33. The van der Waals surface area contributed by atoms with Crippen molar-refractivity contribution >= 4 is 26.0 Å². The van der Waals surface area contributed by atoms with Crippen LogP contribution in [-0.4, -0.2) is 37.5 Å². The molecule has 0 aliphatic rings. The van der Waals surface area contributed by atoms with Crippen molar-refractivity contribution in [2.45, 2.75) is 25.2 Å². The third-order valence-electron chi connectivity index (χ3n) is 2.60. The standard InChI is InChI=1S/C12H18BrNO3S/c1-10(15)7-8-14(2)18(16,17)9-11-3-5-12(13)6-4-11/h3-6,10,15H,7-9H2,1-2H3/t10-/m0/s1. The van der Waals surface area contributed by atoms with E-state index in [1.807, 2.05) is 12.1 Å². The van der Waals surface area contributed by atoms with E-state index in [0.717, 1.165) is 10.0 Å². The summed E-state index contributed by atoms with van der Waals surface area (Å²) in [7, 11) is -1.78. The zero-order valence-corrected chi connectivity index (χ0v) is 12.9. The summed E-state index contributed by atoms with van der Waals surface area (Å²) in [6, 6.07) is 7.20. The molecule has 0 radical (unpaired) electrons. The summed E-state index contributed by atoms with van der Waals surface area (Å²) in [6.07, 6.45) is -0.0499. The highest BCUT2D eigenvalue weighted by Crippen LogP contribution is 2.14. The molecule has 102 valence electrons. The molecule has 1 rings (SSSR count). The summed E-state index contributed by atoms with van der Waals surface area (Å²) in [6.45, 7) is 1.98. The highest BCUT2D eigenvalue weighted by molar-refractivity contribution is 9.10. The van der Waals surface area contributed by atoms with Gasteiger partial charge in [-0.2, -0.15) is 0 Å². The quantitative estimate of drug-likeness (QED) is 0.864. The molecule has 1 N–H and O–H groups in total. The van der Waals surface area contributed by atoms with E-state index in [2.05, 4.69) is 15.9 Å². The highest BCUT2D eigenvalue weighted by Gasteiger charge is 2.18. The first kappa shape index (κ1) is 15.6. The molecule has 0 aliphatic heterocycles. The smallest absolute Gasteiger partial charge is 0.218 e. The second kappa shape index (κ2) is 6.65. The average molecular weight is 336 g/mol. The number of hydrogen-bond donors (Lipinski definition) is 1. The molecule has 1 aromatic carbocycles. The van der Waals surface area contributed by atoms with Crippen molar-refractivity contribution in [1.29, 1.82) is 0 Å². The van der Waals surface area contributed by atoms with Crippen LogP contribution in [0.5, 0.6) is 0 Å². The lowest BCUT2D eigenvalue weighted by atomic mass is 10.2. The van der Waals surface area contributed by atoms with Crippen LogP contribution in [0.2, 0.25) is 0 Å². The maximum atomic E-state index is 12.0. The molecule has 4 nitrogen and oxygen atoms in total. The van der Waals surface area contributed by atoms with Gasteiger partial charge in [0.25, 0.3) is 0 Å². The summed E-state index contributed by atoms with van der Waals surface area (Å²) in [5.41, 5.74) is 0.752. The fraction of sp³-hybridized carbons (Fsp3) is 0.500.